The van der Waals surface area contributed by atoms with Crippen LogP contribution in [0, 0.1) is 18.8 Å². The highest BCUT2D eigenvalue weighted by Crippen LogP contribution is 2.64. The molecular weight excluding hydrogens is 419 g/mol. The Kier molecular flexibility index (Phi) is 5.75. The maximum absolute atomic E-state index is 12.9. The van der Waals surface area contributed by atoms with Crippen LogP contribution < -0.4 is 11.2 Å². The zero-order chi connectivity index (χ0) is 21.6. The molecule has 3 heterocycles. The molecule has 0 spiro atoms. The Hall–Kier alpha value is -1.78. The first-order valence-corrected chi connectivity index (χ1v) is 11.4. The molecule has 3 aliphatic rings. The fourth-order valence-electron chi connectivity index (χ4n) is 3.95. The average Bonchev–Trinajstić information content (AvgIpc) is 3.27. The van der Waals surface area contributed by atoms with Gasteiger partial charge in [-0.1, -0.05) is 6.92 Å². The summed E-state index contributed by atoms with van der Waals surface area (Å²) in [6.45, 7) is 5.38. The molecule has 2 saturated heterocycles. The van der Waals surface area contributed by atoms with Gasteiger partial charge in [0.2, 0.25) is 0 Å². The molecule has 30 heavy (non-hydrogen) atoms. The molecule has 0 aromatic carbocycles. The first kappa shape index (κ1) is 21.5. The summed E-state index contributed by atoms with van der Waals surface area (Å²) < 4.78 is 41.5. The van der Waals surface area contributed by atoms with Crippen molar-refractivity contribution in [1.29, 1.82) is 0 Å². The van der Waals surface area contributed by atoms with Crippen LogP contribution in [-0.4, -0.2) is 53.7 Å². The van der Waals surface area contributed by atoms with Crippen molar-refractivity contribution in [2.24, 2.45) is 11.8 Å². The average molecular weight is 444 g/mol. The zero-order valence-electron chi connectivity index (χ0n) is 16.9. The first-order chi connectivity index (χ1) is 14.2. The summed E-state index contributed by atoms with van der Waals surface area (Å²) in [5, 5.41) is 0. The van der Waals surface area contributed by atoms with Gasteiger partial charge >= 0.3 is 19.5 Å². The third-order valence-electron chi connectivity index (χ3n) is 5.65. The maximum atomic E-state index is 12.9. The number of esters is 1. The van der Waals surface area contributed by atoms with Gasteiger partial charge in [0.1, 0.15) is 12.2 Å². The van der Waals surface area contributed by atoms with E-state index < -0.39 is 37.2 Å². The van der Waals surface area contributed by atoms with Crippen LogP contribution in [0.4, 0.5) is 0 Å². The van der Waals surface area contributed by atoms with Crippen LogP contribution in [0.1, 0.15) is 31.9 Å². The van der Waals surface area contributed by atoms with Gasteiger partial charge in [-0.05, 0) is 20.3 Å². The number of nitrogens with one attached hydrogen (secondary N) is 1. The molecule has 1 aliphatic carbocycles. The minimum atomic E-state index is -3.82. The number of nitrogens with zero attached hydrogens (tertiary/aromatic N) is 1. The topological polar surface area (TPSA) is 135 Å². The van der Waals surface area contributed by atoms with E-state index in [4.69, 9.17) is 23.0 Å². The summed E-state index contributed by atoms with van der Waals surface area (Å²) >= 11 is 0. The van der Waals surface area contributed by atoms with Crippen LogP contribution in [0.15, 0.2) is 15.8 Å². The number of aromatic nitrogens is 2. The number of fused-ring (bicyclic) bond motifs is 3. The summed E-state index contributed by atoms with van der Waals surface area (Å²) in [6.07, 6.45) is 0.554. The smallest absolute Gasteiger partial charge is 0.466 e. The predicted molar refractivity (Wildman–Crippen MR) is 102 cm³/mol. The summed E-state index contributed by atoms with van der Waals surface area (Å²) in [5.74, 6) is -0.951. The summed E-state index contributed by atoms with van der Waals surface area (Å²) in [6, 6.07) is -0.315. The largest absolute Gasteiger partial charge is 0.475 e. The second-order valence-corrected chi connectivity index (χ2v) is 9.40. The molecule has 3 fully saturated rings. The molecule has 0 amide bonds. The van der Waals surface area contributed by atoms with E-state index in [0.29, 0.717) is 18.6 Å². The van der Waals surface area contributed by atoms with Crippen LogP contribution in [0.2, 0.25) is 0 Å². The van der Waals surface area contributed by atoms with E-state index in [0.717, 1.165) is 0 Å². The van der Waals surface area contributed by atoms with Crippen LogP contribution in [0.25, 0.3) is 0 Å². The monoisotopic (exact) mass is 444 g/mol. The number of phosphoric acid groups is 1. The lowest BCUT2D eigenvalue weighted by atomic mass is 10.1. The molecule has 11 nitrogen and oxygen atoms in total. The van der Waals surface area contributed by atoms with Gasteiger partial charge in [0, 0.05) is 17.7 Å². The Labute approximate surface area is 172 Å². The molecule has 4 unspecified atom stereocenters. The van der Waals surface area contributed by atoms with E-state index in [1.807, 2.05) is 0 Å². The molecule has 1 aromatic heterocycles. The van der Waals surface area contributed by atoms with Crippen molar-refractivity contribution in [3.05, 3.63) is 32.6 Å². The summed E-state index contributed by atoms with van der Waals surface area (Å²) in [7, 11) is -3.82. The number of H-pyrrole nitrogens is 1. The quantitative estimate of drug-likeness (QED) is 0.481. The number of aromatic amines is 1. The van der Waals surface area contributed by atoms with Gasteiger partial charge in [-0.25, -0.2) is 9.36 Å². The Morgan fingerprint density at radius 3 is 2.90 bits per heavy atom. The van der Waals surface area contributed by atoms with Gasteiger partial charge in [-0.3, -0.25) is 32.7 Å². The Bertz CT molecular complexity index is 989. The predicted octanol–water partition coefficient (Wildman–Crippen LogP) is 0.913. The number of carbonyl (C=O) groups is 1. The SMILES string of the molecule is CCOC(=O)C(C)CCOP1(=O)OC[C@@H]2O[C@H]3C(C3n3cc(C)c(=O)[nH]c3=O)[C@H]2O1. The lowest BCUT2D eigenvalue weighted by Gasteiger charge is -2.32. The van der Waals surface area contributed by atoms with Crippen molar-refractivity contribution in [2.45, 2.75) is 51.5 Å². The third-order valence-corrected chi connectivity index (χ3v) is 7.12. The van der Waals surface area contributed by atoms with E-state index in [9.17, 15) is 18.9 Å². The van der Waals surface area contributed by atoms with E-state index in [-0.39, 0.29) is 37.2 Å². The fraction of sp³-hybridized carbons (Fsp3) is 0.722. The van der Waals surface area contributed by atoms with Crippen molar-refractivity contribution in [2.75, 3.05) is 19.8 Å². The van der Waals surface area contributed by atoms with Crippen molar-refractivity contribution in [3.8, 4) is 0 Å². The summed E-state index contributed by atoms with van der Waals surface area (Å²) in [5.41, 5.74) is -0.545. The number of rotatable bonds is 7. The maximum Gasteiger partial charge on any atom is 0.475 e. The van der Waals surface area contributed by atoms with Crippen molar-refractivity contribution >= 4 is 13.8 Å². The number of hydrogen-bond acceptors (Lipinski definition) is 9. The van der Waals surface area contributed by atoms with Crippen LogP contribution in [0.3, 0.4) is 0 Å². The molecule has 1 saturated carbocycles. The van der Waals surface area contributed by atoms with Crippen LogP contribution in [-0.2, 0) is 32.4 Å². The van der Waals surface area contributed by atoms with Crippen LogP contribution in [0.5, 0.6) is 0 Å². The molecule has 4 rings (SSSR count). The molecule has 7 atom stereocenters. The van der Waals surface area contributed by atoms with Gasteiger partial charge < -0.3 is 9.47 Å². The molecule has 1 aromatic rings. The highest BCUT2D eigenvalue weighted by atomic mass is 31.2. The summed E-state index contributed by atoms with van der Waals surface area (Å²) in [4.78, 5) is 37.7. The molecule has 12 heteroatoms. The van der Waals surface area contributed by atoms with Gasteiger partial charge in [0.05, 0.1) is 37.9 Å². The molecule has 0 bridgehead atoms. The van der Waals surface area contributed by atoms with Gasteiger partial charge in [-0.15, -0.1) is 0 Å². The minimum absolute atomic E-state index is 0.00556. The zero-order valence-corrected chi connectivity index (χ0v) is 17.8. The van der Waals surface area contributed by atoms with Gasteiger partial charge in [-0.2, -0.15) is 0 Å². The molecule has 2 aliphatic heterocycles. The minimum Gasteiger partial charge on any atom is -0.466 e. The van der Waals surface area contributed by atoms with Crippen molar-refractivity contribution in [1.82, 2.24) is 9.55 Å². The molecule has 1 N–H and O–H groups in total. The number of ether oxygens (including phenoxy) is 2. The van der Waals surface area contributed by atoms with E-state index >= 15 is 0 Å². The standard InChI is InChI=1S/C18H25N2O9P/c1-4-25-17(22)9(2)5-6-26-30(24)27-8-11-14(29-30)12-13(15(12)28-11)20-7-10(3)16(21)19-18(20)23/h7,9,11-15H,4-6,8H2,1-3H3,(H,19,21,23)/t9?,11-,12?,13?,14-,15-,30?/m0/s1. The lowest BCUT2D eigenvalue weighted by molar-refractivity contribution is -0.148. The normalized spacial score (nSPS) is 35.4. The number of aryl methyl sites for hydroxylation is 1. The molecule has 166 valence electrons. The Balaban J connectivity index is 1.38. The van der Waals surface area contributed by atoms with Gasteiger partial charge in [0.15, 0.2) is 0 Å². The van der Waals surface area contributed by atoms with E-state index in [1.54, 1.807) is 20.8 Å². The highest BCUT2D eigenvalue weighted by Gasteiger charge is 2.68. The highest BCUT2D eigenvalue weighted by molar-refractivity contribution is 7.48. The first-order valence-electron chi connectivity index (χ1n) is 9.95. The van der Waals surface area contributed by atoms with Gasteiger partial charge in [0.25, 0.3) is 5.56 Å². The fourth-order valence-corrected chi connectivity index (χ4v) is 5.38. The Morgan fingerprint density at radius 2 is 2.17 bits per heavy atom. The van der Waals surface area contributed by atoms with Crippen molar-refractivity contribution in [3.63, 3.8) is 0 Å². The Morgan fingerprint density at radius 1 is 1.40 bits per heavy atom. The lowest BCUT2D eigenvalue weighted by Crippen LogP contribution is -2.39. The van der Waals surface area contributed by atoms with Crippen LogP contribution >= 0.6 is 7.82 Å². The van der Waals surface area contributed by atoms with Crippen molar-refractivity contribution < 1.29 is 32.4 Å². The second kappa shape index (κ2) is 8.05. The molecular formula is C18H25N2O9P. The third kappa shape index (κ3) is 3.92. The number of carbonyl (C=O) groups excluding carboxylic acids is 1. The van der Waals surface area contributed by atoms with E-state index in [1.165, 1.54) is 10.8 Å². The number of hydrogen-bond donors (Lipinski definition) is 1. The number of phosphoric ester groups is 1. The second-order valence-electron chi connectivity index (χ2n) is 7.77. The molecule has 0 radical (unpaired) electrons. The van der Waals surface area contributed by atoms with E-state index in [2.05, 4.69) is 4.98 Å².